The minimum absolute atomic E-state index is 0.0408. The zero-order chi connectivity index (χ0) is 11.4. The van der Waals surface area contributed by atoms with E-state index in [9.17, 15) is 4.79 Å². The van der Waals surface area contributed by atoms with Crippen LogP contribution in [-0.4, -0.2) is 36.6 Å². The van der Waals surface area contributed by atoms with Gasteiger partial charge in [-0.2, -0.15) is 0 Å². The van der Waals surface area contributed by atoms with Gasteiger partial charge in [-0.1, -0.05) is 12.8 Å². The maximum atomic E-state index is 11.9. The lowest BCUT2D eigenvalue weighted by molar-refractivity contribution is -0.151. The number of hydrogen-bond acceptors (Lipinski definition) is 3. The van der Waals surface area contributed by atoms with Crippen LogP contribution in [0, 0.1) is 5.92 Å². The first kappa shape index (κ1) is 11.9. The molecule has 0 unspecified atom stereocenters. The number of esters is 1. The first-order chi connectivity index (χ1) is 7.83. The van der Waals surface area contributed by atoms with Crippen LogP contribution in [0.5, 0.6) is 0 Å². The summed E-state index contributed by atoms with van der Waals surface area (Å²) in [6, 6.07) is 0.468. The van der Waals surface area contributed by atoms with Crippen molar-refractivity contribution in [2.24, 2.45) is 5.92 Å². The van der Waals surface area contributed by atoms with Crippen LogP contribution in [0.1, 0.15) is 45.4 Å². The van der Waals surface area contributed by atoms with E-state index in [2.05, 4.69) is 4.90 Å². The van der Waals surface area contributed by atoms with E-state index in [0.29, 0.717) is 12.6 Å². The molecule has 2 rings (SSSR count). The van der Waals surface area contributed by atoms with Crippen LogP contribution in [-0.2, 0) is 9.53 Å². The van der Waals surface area contributed by atoms with Crippen molar-refractivity contribution >= 4 is 5.97 Å². The average Bonchev–Trinajstić information content (AvgIpc) is 2.83. The molecule has 0 amide bonds. The lowest BCUT2D eigenvalue weighted by Crippen LogP contribution is -2.44. The molecule has 1 aliphatic heterocycles. The number of likely N-dealkylation sites (tertiary alicyclic amines) is 1. The monoisotopic (exact) mass is 225 g/mol. The number of hydrogen-bond donors (Lipinski definition) is 0. The zero-order valence-electron chi connectivity index (χ0n) is 10.3. The minimum atomic E-state index is 0.0408. The van der Waals surface area contributed by atoms with E-state index in [1.807, 2.05) is 6.92 Å². The van der Waals surface area contributed by atoms with Crippen molar-refractivity contribution in [2.75, 3.05) is 19.7 Å². The van der Waals surface area contributed by atoms with Crippen molar-refractivity contribution < 1.29 is 9.53 Å². The molecule has 1 heterocycles. The van der Waals surface area contributed by atoms with Gasteiger partial charge in [-0.3, -0.25) is 9.69 Å². The van der Waals surface area contributed by atoms with Gasteiger partial charge in [-0.25, -0.2) is 0 Å². The summed E-state index contributed by atoms with van der Waals surface area (Å²) in [5.74, 6) is 0.186. The summed E-state index contributed by atoms with van der Waals surface area (Å²) in [7, 11) is 0. The third-order valence-corrected chi connectivity index (χ3v) is 3.93. The molecule has 0 N–H and O–H groups in total. The Kier molecular flexibility index (Phi) is 4.22. The van der Waals surface area contributed by atoms with Gasteiger partial charge in [0.2, 0.25) is 0 Å². The number of ether oxygens (including phenoxy) is 1. The SMILES string of the molecule is CCOC(=O)[C@H]1CCCC[C@H]1N1CCCC1. The Bertz CT molecular complexity index is 236. The summed E-state index contributed by atoms with van der Waals surface area (Å²) >= 11 is 0. The van der Waals surface area contributed by atoms with Crippen LogP contribution < -0.4 is 0 Å². The van der Waals surface area contributed by atoms with Crippen LogP contribution in [0.25, 0.3) is 0 Å². The van der Waals surface area contributed by atoms with Crippen LogP contribution in [0.15, 0.2) is 0 Å². The predicted octanol–water partition coefficient (Wildman–Crippen LogP) is 2.20. The van der Waals surface area contributed by atoms with E-state index in [1.165, 1.54) is 45.2 Å². The molecule has 16 heavy (non-hydrogen) atoms. The fourth-order valence-corrected chi connectivity index (χ4v) is 3.15. The van der Waals surface area contributed by atoms with Gasteiger partial charge in [0.05, 0.1) is 12.5 Å². The molecule has 0 spiro atoms. The van der Waals surface area contributed by atoms with Crippen LogP contribution in [0.4, 0.5) is 0 Å². The Balaban J connectivity index is 1.98. The summed E-state index contributed by atoms with van der Waals surface area (Å²) in [5.41, 5.74) is 0. The number of carbonyl (C=O) groups excluding carboxylic acids is 1. The van der Waals surface area contributed by atoms with Crippen molar-refractivity contribution in [1.82, 2.24) is 4.90 Å². The van der Waals surface area contributed by atoms with E-state index in [-0.39, 0.29) is 11.9 Å². The van der Waals surface area contributed by atoms with Gasteiger partial charge in [0, 0.05) is 6.04 Å². The zero-order valence-corrected chi connectivity index (χ0v) is 10.3. The lowest BCUT2D eigenvalue weighted by atomic mass is 9.83. The fourth-order valence-electron chi connectivity index (χ4n) is 3.15. The van der Waals surface area contributed by atoms with Crippen LogP contribution in [0.3, 0.4) is 0 Å². The quantitative estimate of drug-likeness (QED) is 0.690. The second kappa shape index (κ2) is 5.67. The van der Waals surface area contributed by atoms with Crippen molar-refractivity contribution in [3.05, 3.63) is 0 Å². The second-order valence-electron chi connectivity index (χ2n) is 4.95. The topological polar surface area (TPSA) is 29.5 Å². The van der Waals surface area contributed by atoms with Gasteiger partial charge in [0.25, 0.3) is 0 Å². The highest BCUT2D eigenvalue weighted by Gasteiger charge is 2.36. The third-order valence-electron chi connectivity index (χ3n) is 3.93. The maximum Gasteiger partial charge on any atom is 0.310 e. The largest absolute Gasteiger partial charge is 0.466 e. The molecule has 0 aromatic heterocycles. The summed E-state index contributed by atoms with van der Waals surface area (Å²) in [6.45, 7) is 4.77. The molecule has 0 aromatic rings. The summed E-state index contributed by atoms with van der Waals surface area (Å²) in [5, 5.41) is 0. The highest BCUT2D eigenvalue weighted by atomic mass is 16.5. The van der Waals surface area contributed by atoms with Crippen molar-refractivity contribution in [3.8, 4) is 0 Å². The van der Waals surface area contributed by atoms with Crippen molar-refractivity contribution in [3.63, 3.8) is 0 Å². The fraction of sp³-hybridized carbons (Fsp3) is 0.923. The molecular formula is C13H23NO2. The van der Waals surface area contributed by atoms with E-state index in [0.717, 1.165) is 6.42 Å². The molecule has 0 radical (unpaired) electrons. The van der Waals surface area contributed by atoms with Gasteiger partial charge in [-0.05, 0) is 45.7 Å². The Morgan fingerprint density at radius 3 is 2.56 bits per heavy atom. The van der Waals surface area contributed by atoms with Gasteiger partial charge in [-0.15, -0.1) is 0 Å². The molecule has 1 aliphatic carbocycles. The Morgan fingerprint density at radius 2 is 1.88 bits per heavy atom. The molecule has 92 valence electrons. The third kappa shape index (κ3) is 2.57. The first-order valence-corrected chi connectivity index (χ1v) is 6.73. The Hall–Kier alpha value is -0.570. The van der Waals surface area contributed by atoms with Crippen molar-refractivity contribution in [1.29, 1.82) is 0 Å². The molecule has 2 fully saturated rings. The van der Waals surface area contributed by atoms with Gasteiger partial charge in [0.1, 0.15) is 0 Å². The molecule has 2 atom stereocenters. The van der Waals surface area contributed by atoms with E-state index >= 15 is 0 Å². The molecule has 3 nitrogen and oxygen atoms in total. The molecule has 1 saturated heterocycles. The highest BCUT2D eigenvalue weighted by molar-refractivity contribution is 5.73. The molecule has 0 bridgehead atoms. The summed E-state index contributed by atoms with van der Waals surface area (Å²) in [4.78, 5) is 14.4. The van der Waals surface area contributed by atoms with Gasteiger partial charge >= 0.3 is 5.97 Å². The lowest BCUT2D eigenvalue weighted by Gasteiger charge is -2.36. The number of nitrogens with zero attached hydrogens (tertiary/aromatic N) is 1. The molecule has 1 saturated carbocycles. The Morgan fingerprint density at radius 1 is 1.19 bits per heavy atom. The van der Waals surface area contributed by atoms with Crippen LogP contribution >= 0.6 is 0 Å². The molecule has 3 heteroatoms. The predicted molar refractivity (Wildman–Crippen MR) is 63.2 cm³/mol. The first-order valence-electron chi connectivity index (χ1n) is 6.73. The molecule has 2 aliphatic rings. The maximum absolute atomic E-state index is 11.9. The molecule has 0 aromatic carbocycles. The second-order valence-corrected chi connectivity index (χ2v) is 4.95. The standard InChI is InChI=1S/C13H23NO2/c1-2-16-13(15)11-7-3-4-8-12(11)14-9-5-6-10-14/h11-12H,2-10H2,1H3/t11-,12+/m0/s1. The molecular weight excluding hydrogens is 202 g/mol. The van der Waals surface area contributed by atoms with Crippen molar-refractivity contribution in [2.45, 2.75) is 51.5 Å². The van der Waals surface area contributed by atoms with Gasteiger partial charge < -0.3 is 4.74 Å². The summed E-state index contributed by atoms with van der Waals surface area (Å²) < 4.78 is 5.21. The number of rotatable bonds is 3. The minimum Gasteiger partial charge on any atom is -0.466 e. The Labute approximate surface area is 98.1 Å². The van der Waals surface area contributed by atoms with Gasteiger partial charge in [0.15, 0.2) is 0 Å². The van der Waals surface area contributed by atoms with E-state index < -0.39 is 0 Å². The number of carbonyl (C=O) groups is 1. The smallest absolute Gasteiger partial charge is 0.310 e. The van der Waals surface area contributed by atoms with E-state index in [4.69, 9.17) is 4.74 Å². The van der Waals surface area contributed by atoms with E-state index in [1.54, 1.807) is 0 Å². The van der Waals surface area contributed by atoms with Crippen LogP contribution in [0.2, 0.25) is 0 Å². The summed E-state index contributed by atoms with van der Waals surface area (Å²) in [6.07, 6.45) is 7.27. The normalized spacial score (nSPS) is 31.6. The average molecular weight is 225 g/mol. The highest BCUT2D eigenvalue weighted by Crippen LogP contribution is 2.31.